The maximum Gasteiger partial charge on any atom is 0.320 e. The number of benzene rings is 1. The largest absolute Gasteiger partial charge is 0.493 e. The lowest BCUT2D eigenvalue weighted by Gasteiger charge is -2.41. The van der Waals surface area contributed by atoms with Crippen LogP contribution in [0.5, 0.6) is 17.2 Å². The SMILES string of the molecule is COc1ccc(C2CC(C(=O)O)NC3C(C#N)=C(SC)NN32)c(OC)c1OC. The predicted octanol–water partition coefficient (Wildman–Crippen LogP) is 1.44. The molecule has 0 aliphatic carbocycles. The van der Waals surface area contributed by atoms with Crippen molar-refractivity contribution in [3.8, 4) is 23.3 Å². The lowest BCUT2D eigenvalue weighted by Crippen LogP contribution is -2.60. The molecular weight excluding hydrogens is 384 g/mol. The number of nitrogens with zero attached hydrogens (tertiary/aromatic N) is 2. The summed E-state index contributed by atoms with van der Waals surface area (Å²) >= 11 is 1.40. The lowest BCUT2D eigenvalue weighted by molar-refractivity contribution is -0.142. The first kappa shape index (κ1) is 20.1. The molecule has 2 heterocycles. The van der Waals surface area contributed by atoms with Crippen LogP contribution >= 0.6 is 11.8 Å². The number of hydrazine groups is 1. The van der Waals surface area contributed by atoms with E-state index >= 15 is 0 Å². The Kier molecular flexibility index (Phi) is 5.88. The van der Waals surface area contributed by atoms with E-state index in [9.17, 15) is 15.2 Å². The molecule has 1 saturated heterocycles. The van der Waals surface area contributed by atoms with Gasteiger partial charge in [0, 0.05) is 5.56 Å². The highest BCUT2D eigenvalue weighted by Crippen LogP contribution is 2.47. The fourth-order valence-corrected chi connectivity index (χ4v) is 4.20. The fourth-order valence-electron chi connectivity index (χ4n) is 3.63. The second-order valence-corrected chi connectivity index (χ2v) is 7.03. The van der Waals surface area contributed by atoms with Gasteiger partial charge in [-0.25, -0.2) is 0 Å². The van der Waals surface area contributed by atoms with Crippen LogP contribution in [0.25, 0.3) is 0 Å². The molecule has 3 unspecified atom stereocenters. The summed E-state index contributed by atoms with van der Waals surface area (Å²) < 4.78 is 16.4. The number of hydrogen-bond donors (Lipinski definition) is 3. The minimum Gasteiger partial charge on any atom is -0.493 e. The van der Waals surface area contributed by atoms with Crippen molar-refractivity contribution in [1.29, 1.82) is 5.26 Å². The van der Waals surface area contributed by atoms with Crippen molar-refractivity contribution in [2.24, 2.45) is 0 Å². The third-order valence-electron chi connectivity index (χ3n) is 4.90. The average molecular weight is 406 g/mol. The summed E-state index contributed by atoms with van der Waals surface area (Å²) in [5.74, 6) is 0.439. The van der Waals surface area contributed by atoms with Gasteiger partial charge < -0.3 is 24.7 Å². The van der Waals surface area contributed by atoms with Gasteiger partial charge in [0.1, 0.15) is 18.3 Å². The van der Waals surface area contributed by atoms with Gasteiger partial charge in [0.2, 0.25) is 5.75 Å². The van der Waals surface area contributed by atoms with Crippen LogP contribution in [0.2, 0.25) is 0 Å². The number of ether oxygens (including phenoxy) is 3. The van der Waals surface area contributed by atoms with E-state index in [4.69, 9.17) is 14.2 Å². The highest BCUT2D eigenvalue weighted by molar-refractivity contribution is 8.02. The molecule has 1 aromatic rings. The summed E-state index contributed by atoms with van der Waals surface area (Å²) in [6.07, 6.45) is 1.56. The van der Waals surface area contributed by atoms with E-state index in [0.717, 1.165) is 5.56 Å². The highest BCUT2D eigenvalue weighted by Gasteiger charge is 2.46. The molecule has 0 spiro atoms. The number of rotatable bonds is 6. The van der Waals surface area contributed by atoms with Crippen LogP contribution in [0.3, 0.4) is 0 Å². The number of fused-ring (bicyclic) bond motifs is 1. The number of carboxylic acids is 1. The fraction of sp³-hybridized carbons (Fsp3) is 0.444. The first-order chi connectivity index (χ1) is 13.5. The highest BCUT2D eigenvalue weighted by atomic mass is 32.2. The molecular formula is C18H22N4O5S. The van der Waals surface area contributed by atoms with E-state index in [2.05, 4.69) is 16.8 Å². The van der Waals surface area contributed by atoms with Crippen molar-refractivity contribution in [3.05, 3.63) is 28.3 Å². The Morgan fingerprint density at radius 3 is 2.54 bits per heavy atom. The van der Waals surface area contributed by atoms with Gasteiger partial charge in [-0.15, -0.1) is 11.8 Å². The number of aliphatic carboxylic acids is 1. The van der Waals surface area contributed by atoms with E-state index in [1.807, 2.05) is 17.3 Å². The molecule has 10 heteroatoms. The maximum atomic E-state index is 11.8. The maximum absolute atomic E-state index is 11.8. The number of thioether (sulfide) groups is 1. The van der Waals surface area contributed by atoms with Crippen molar-refractivity contribution in [2.45, 2.75) is 24.7 Å². The summed E-state index contributed by atoms with van der Waals surface area (Å²) in [5, 5.41) is 24.8. The predicted molar refractivity (Wildman–Crippen MR) is 103 cm³/mol. The van der Waals surface area contributed by atoms with Crippen molar-refractivity contribution >= 4 is 17.7 Å². The smallest absolute Gasteiger partial charge is 0.320 e. The van der Waals surface area contributed by atoms with Gasteiger partial charge in [-0.1, -0.05) is 0 Å². The van der Waals surface area contributed by atoms with E-state index in [-0.39, 0.29) is 12.5 Å². The minimum atomic E-state index is -0.973. The molecule has 3 N–H and O–H groups in total. The third-order valence-corrected chi connectivity index (χ3v) is 5.62. The van der Waals surface area contributed by atoms with E-state index in [0.29, 0.717) is 27.9 Å². The van der Waals surface area contributed by atoms with Gasteiger partial charge in [0.15, 0.2) is 11.5 Å². The molecule has 0 amide bonds. The zero-order valence-corrected chi connectivity index (χ0v) is 16.8. The molecule has 0 aromatic heterocycles. The normalized spacial score (nSPS) is 24.2. The van der Waals surface area contributed by atoms with E-state index in [1.54, 1.807) is 6.07 Å². The van der Waals surface area contributed by atoms with Gasteiger partial charge in [0.05, 0.1) is 38.0 Å². The number of nitriles is 1. The topological polar surface area (TPSA) is 116 Å². The van der Waals surface area contributed by atoms with Gasteiger partial charge in [0.25, 0.3) is 0 Å². The quantitative estimate of drug-likeness (QED) is 0.641. The van der Waals surface area contributed by atoms with Crippen LogP contribution in [0.1, 0.15) is 18.0 Å². The Labute approximate surface area is 167 Å². The molecule has 0 radical (unpaired) electrons. The average Bonchev–Trinajstić information content (AvgIpc) is 3.09. The third kappa shape index (κ3) is 3.22. The second kappa shape index (κ2) is 8.18. The van der Waals surface area contributed by atoms with Crippen molar-refractivity contribution in [1.82, 2.24) is 15.8 Å². The van der Waals surface area contributed by atoms with Gasteiger partial charge >= 0.3 is 5.97 Å². The molecule has 3 atom stereocenters. The molecule has 2 aliphatic rings. The molecule has 2 aliphatic heterocycles. The Balaban J connectivity index is 2.11. The van der Waals surface area contributed by atoms with Crippen LogP contribution < -0.4 is 25.0 Å². The molecule has 0 saturated carbocycles. The molecule has 1 fully saturated rings. The zero-order valence-electron chi connectivity index (χ0n) is 16.0. The Hall–Kier alpha value is -2.61. The first-order valence-corrected chi connectivity index (χ1v) is 9.74. The molecule has 9 nitrogen and oxygen atoms in total. The molecule has 3 rings (SSSR count). The first-order valence-electron chi connectivity index (χ1n) is 8.51. The van der Waals surface area contributed by atoms with E-state index < -0.39 is 18.2 Å². The Morgan fingerprint density at radius 1 is 1.29 bits per heavy atom. The summed E-state index contributed by atoms with van der Waals surface area (Å²) in [7, 11) is 4.58. The minimum absolute atomic E-state index is 0.269. The number of carboxylic acid groups (broad SMARTS) is 1. The van der Waals surface area contributed by atoms with Crippen LogP contribution in [0.4, 0.5) is 0 Å². The molecule has 1 aromatic carbocycles. The monoisotopic (exact) mass is 406 g/mol. The summed E-state index contributed by atoms with van der Waals surface area (Å²) in [5.41, 5.74) is 4.44. The standard InChI is InChI=1S/C18H22N4O5S/c1-25-13-6-5-9(14(26-2)15(13)27-3)12-7-11(18(23)24)20-16-10(8-19)17(28-4)21-22(12)16/h5-6,11-12,16,20-21H,7H2,1-4H3,(H,23,24). The van der Waals surface area contributed by atoms with Crippen LogP contribution in [-0.2, 0) is 4.79 Å². The Morgan fingerprint density at radius 2 is 2.00 bits per heavy atom. The van der Waals surface area contributed by atoms with Crippen molar-refractivity contribution < 1.29 is 24.1 Å². The van der Waals surface area contributed by atoms with Gasteiger partial charge in [-0.2, -0.15) is 10.3 Å². The summed E-state index contributed by atoms with van der Waals surface area (Å²) in [6.45, 7) is 0. The van der Waals surface area contributed by atoms with Crippen LogP contribution in [-0.4, -0.2) is 55.9 Å². The number of methoxy groups -OCH3 is 3. The molecule has 0 bridgehead atoms. The van der Waals surface area contributed by atoms with Crippen molar-refractivity contribution in [3.63, 3.8) is 0 Å². The molecule has 150 valence electrons. The summed E-state index contributed by atoms with van der Waals surface area (Å²) in [4.78, 5) is 11.8. The zero-order chi connectivity index (χ0) is 20.4. The second-order valence-electron chi connectivity index (χ2n) is 6.21. The Bertz CT molecular complexity index is 853. The number of nitrogens with one attached hydrogen (secondary N) is 2. The van der Waals surface area contributed by atoms with Crippen LogP contribution in [0, 0.1) is 11.3 Å². The van der Waals surface area contributed by atoms with E-state index in [1.165, 1.54) is 33.1 Å². The number of carbonyl (C=O) groups is 1. The summed E-state index contributed by atoms with van der Waals surface area (Å²) in [6, 6.07) is 4.57. The van der Waals surface area contributed by atoms with Gasteiger partial charge in [-0.3, -0.25) is 10.1 Å². The molecule has 28 heavy (non-hydrogen) atoms. The van der Waals surface area contributed by atoms with Crippen LogP contribution in [0.15, 0.2) is 22.7 Å². The van der Waals surface area contributed by atoms with Crippen molar-refractivity contribution in [2.75, 3.05) is 27.6 Å². The lowest BCUT2D eigenvalue weighted by atomic mass is 9.93. The van der Waals surface area contributed by atoms with Gasteiger partial charge in [-0.05, 0) is 24.8 Å². The number of hydrogen-bond acceptors (Lipinski definition) is 9.